The molecule has 1 aliphatic heterocycles. The number of hydrogen-bond acceptors (Lipinski definition) is 3. The topological polar surface area (TPSA) is 89.9 Å². The van der Waals surface area contributed by atoms with Crippen LogP contribution in [-0.2, 0) is 4.79 Å². The summed E-state index contributed by atoms with van der Waals surface area (Å²) in [7, 11) is 0. The molecule has 0 spiro atoms. The Bertz CT molecular complexity index is 333. The molecule has 0 aromatic rings. The van der Waals surface area contributed by atoms with Crippen LogP contribution in [0.4, 0.5) is 4.79 Å². The second-order valence-electron chi connectivity index (χ2n) is 4.74. The number of nitrogens with zero attached hydrogens (tertiary/aromatic N) is 1. The van der Waals surface area contributed by atoms with Crippen LogP contribution in [0.5, 0.6) is 0 Å². The first-order valence-corrected chi connectivity index (χ1v) is 6.61. The van der Waals surface area contributed by atoms with Crippen molar-refractivity contribution in [1.29, 1.82) is 0 Å². The predicted molar refractivity (Wildman–Crippen MR) is 70.8 cm³/mol. The molecule has 0 aromatic heterocycles. The maximum absolute atomic E-state index is 12.1. The van der Waals surface area contributed by atoms with Crippen LogP contribution in [0, 0.1) is 0 Å². The minimum atomic E-state index is -1.08. The molecule has 1 heterocycles. The van der Waals surface area contributed by atoms with Crippen LogP contribution in [0.25, 0.3) is 0 Å². The van der Waals surface area contributed by atoms with E-state index in [1.807, 2.05) is 0 Å². The molecule has 1 saturated heterocycles. The van der Waals surface area contributed by atoms with Crippen LogP contribution in [0.1, 0.15) is 32.1 Å². The SMILES string of the molecule is C=CCC(NC(=O)N1CCCCCC1CO)C(=O)O. The maximum Gasteiger partial charge on any atom is 0.326 e. The third kappa shape index (κ3) is 4.55. The van der Waals surface area contributed by atoms with Crippen molar-refractivity contribution in [1.82, 2.24) is 10.2 Å². The molecule has 1 rings (SSSR count). The van der Waals surface area contributed by atoms with E-state index in [4.69, 9.17) is 5.11 Å². The van der Waals surface area contributed by atoms with Gasteiger partial charge in [-0.2, -0.15) is 0 Å². The summed E-state index contributed by atoms with van der Waals surface area (Å²) in [6.45, 7) is 3.94. The van der Waals surface area contributed by atoms with Crippen molar-refractivity contribution in [3.63, 3.8) is 0 Å². The van der Waals surface area contributed by atoms with Gasteiger partial charge in [0.2, 0.25) is 0 Å². The number of aliphatic carboxylic acids is 1. The number of hydrogen-bond donors (Lipinski definition) is 3. The van der Waals surface area contributed by atoms with E-state index in [1.54, 1.807) is 4.90 Å². The van der Waals surface area contributed by atoms with Gasteiger partial charge in [0.15, 0.2) is 0 Å². The van der Waals surface area contributed by atoms with E-state index >= 15 is 0 Å². The van der Waals surface area contributed by atoms with Crippen LogP contribution < -0.4 is 5.32 Å². The van der Waals surface area contributed by atoms with Crippen LogP contribution in [-0.4, -0.2) is 52.3 Å². The monoisotopic (exact) mass is 270 g/mol. The molecule has 2 amide bonds. The number of nitrogens with one attached hydrogen (secondary N) is 1. The van der Waals surface area contributed by atoms with Crippen molar-refractivity contribution in [2.75, 3.05) is 13.2 Å². The summed E-state index contributed by atoms with van der Waals surface area (Å²) < 4.78 is 0. The Morgan fingerprint density at radius 1 is 1.42 bits per heavy atom. The zero-order valence-corrected chi connectivity index (χ0v) is 11.0. The molecule has 6 heteroatoms. The van der Waals surface area contributed by atoms with Gasteiger partial charge in [0.05, 0.1) is 12.6 Å². The van der Waals surface area contributed by atoms with Gasteiger partial charge in [0.25, 0.3) is 0 Å². The lowest BCUT2D eigenvalue weighted by Crippen LogP contribution is -2.52. The summed E-state index contributed by atoms with van der Waals surface area (Å²) >= 11 is 0. The van der Waals surface area contributed by atoms with Crippen molar-refractivity contribution in [3.8, 4) is 0 Å². The number of amides is 2. The first-order chi connectivity index (χ1) is 9.10. The van der Waals surface area contributed by atoms with E-state index < -0.39 is 18.0 Å². The molecule has 2 atom stereocenters. The molecule has 0 aromatic carbocycles. The summed E-state index contributed by atoms with van der Waals surface area (Å²) in [5.74, 6) is -1.08. The average Bonchev–Trinajstić information content (AvgIpc) is 2.62. The Balaban J connectivity index is 2.67. The van der Waals surface area contributed by atoms with Crippen molar-refractivity contribution in [2.24, 2.45) is 0 Å². The van der Waals surface area contributed by atoms with Gasteiger partial charge in [0.1, 0.15) is 6.04 Å². The fourth-order valence-electron chi connectivity index (χ4n) is 2.25. The molecule has 1 fully saturated rings. The number of carboxylic acids is 1. The van der Waals surface area contributed by atoms with Crippen LogP contribution in [0.3, 0.4) is 0 Å². The van der Waals surface area contributed by atoms with Gasteiger partial charge in [-0.05, 0) is 19.3 Å². The Morgan fingerprint density at radius 2 is 2.16 bits per heavy atom. The van der Waals surface area contributed by atoms with Gasteiger partial charge in [0, 0.05) is 6.54 Å². The Kier molecular flexibility index (Phi) is 6.35. The van der Waals surface area contributed by atoms with Crippen molar-refractivity contribution in [2.45, 2.75) is 44.2 Å². The number of likely N-dealkylation sites (tertiary alicyclic amines) is 1. The molecule has 0 radical (unpaired) electrons. The predicted octanol–water partition coefficient (Wildman–Crippen LogP) is 0.962. The van der Waals surface area contributed by atoms with E-state index in [-0.39, 0.29) is 19.1 Å². The number of aliphatic hydroxyl groups is 1. The van der Waals surface area contributed by atoms with Crippen LogP contribution in [0.15, 0.2) is 12.7 Å². The zero-order chi connectivity index (χ0) is 14.3. The standard InChI is InChI=1S/C13H22N2O4/c1-2-6-11(12(17)18)14-13(19)15-8-5-3-4-7-10(15)9-16/h2,10-11,16H,1,3-9H2,(H,14,19)(H,17,18). The number of urea groups is 1. The van der Waals surface area contributed by atoms with Gasteiger partial charge >= 0.3 is 12.0 Å². The molecule has 108 valence electrons. The van der Waals surface area contributed by atoms with Crippen LogP contribution >= 0.6 is 0 Å². The van der Waals surface area contributed by atoms with E-state index in [2.05, 4.69) is 11.9 Å². The summed E-state index contributed by atoms with van der Waals surface area (Å²) in [5.41, 5.74) is 0. The second kappa shape index (κ2) is 7.78. The summed E-state index contributed by atoms with van der Waals surface area (Å²) in [6.07, 6.45) is 5.27. The van der Waals surface area contributed by atoms with E-state index in [1.165, 1.54) is 6.08 Å². The molecular weight excluding hydrogens is 248 g/mol. The fraction of sp³-hybridized carbons (Fsp3) is 0.692. The quantitative estimate of drug-likeness (QED) is 0.649. The highest BCUT2D eigenvalue weighted by atomic mass is 16.4. The Labute approximate surface area is 113 Å². The molecule has 2 unspecified atom stereocenters. The minimum absolute atomic E-state index is 0.0907. The maximum atomic E-state index is 12.1. The van der Waals surface area contributed by atoms with Crippen molar-refractivity contribution in [3.05, 3.63) is 12.7 Å². The zero-order valence-electron chi connectivity index (χ0n) is 11.0. The third-order valence-corrected chi connectivity index (χ3v) is 3.35. The molecule has 6 nitrogen and oxygen atoms in total. The third-order valence-electron chi connectivity index (χ3n) is 3.35. The largest absolute Gasteiger partial charge is 0.480 e. The number of carbonyl (C=O) groups excluding carboxylic acids is 1. The highest BCUT2D eigenvalue weighted by Crippen LogP contribution is 2.16. The van der Waals surface area contributed by atoms with E-state index in [0.717, 1.165) is 25.7 Å². The normalized spacial score (nSPS) is 21.3. The smallest absolute Gasteiger partial charge is 0.326 e. The molecule has 0 bridgehead atoms. The molecule has 0 saturated carbocycles. The first-order valence-electron chi connectivity index (χ1n) is 6.61. The number of carbonyl (C=O) groups is 2. The molecule has 0 aliphatic carbocycles. The molecule has 3 N–H and O–H groups in total. The minimum Gasteiger partial charge on any atom is -0.480 e. The van der Waals surface area contributed by atoms with Gasteiger partial charge < -0.3 is 20.4 Å². The van der Waals surface area contributed by atoms with E-state index in [9.17, 15) is 14.7 Å². The number of carboxylic acid groups (broad SMARTS) is 1. The first kappa shape index (κ1) is 15.5. The molecule has 1 aliphatic rings. The number of aliphatic hydroxyl groups excluding tert-OH is 1. The average molecular weight is 270 g/mol. The molecule has 19 heavy (non-hydrogen) atoms. The molecular formula is C13H22N2O4. The lowest BCUT2D eigenvalue weighted by Gasteiger charge is -2.29. The summed E-state index contributed by atoms with van der Waals surface area (Å²) in [6, 6.07) is -1.61. The van der Waals surface area contributed by atoms with Crippen molar-refractivity contribution >= 4 is 12.0 Å². The second-order valence-corrected chi connectivity index (χ2v) is 4.74. The Morgan fingerprint density at radius 3 is 2.74 bits per heavy atom. The highest BCUT2D eigenvalue weighted by molar-refractivity contribution is 5.82. The van der Waals surface area contributed by atoms with Gasteiger partial charge in [-0.15, -0.1) is 6.58 Å². The summed E-state index contributed by atoms with van der Waals surface area (Å²) in [5, 5.41) is 20.8. The highest BCUT2D eigenvalue weighted by Gasteiger charge is 2.27. The van der Waals surface area contributed by atoms with Gasteiger partial charge in [-0.1, -0.05) is 18.9 Å². The number of rotatable bonds is 5. The van der Waals surface area contributed by atoms with Crippen molar-refractivity contribution < 1.29 is 19.8 Å². The van der Waals surface area contributed by atoms with E-state index in [0.29, 0.717) is 6.54 Å². The van der Waals surface area contributed by atoms with Crippen LogP contribution in [0.2, 0.25) is 0 Å². The van der Waals surface area contributed by atoms with Gasteiger partial charge in [-0.25, -0.2) is 9.59 Å². The Hall–Kier alpha value is -1.56. The lowest BCUT2D eigenvalue weighted by atomic mass is 10.1. The summed E-state index contributed by atoms with van der Waals surface area (Å²) in [4.78, 5) is 24.7. The fourth-order valence-corrected chi connectivity index (χ4v) is 2.25. The lowest BCUT2D eigenvalue weighted by molar-refractivity contribution is -0.139. The van der Waals surface area contributed by atoms with Gasteiger partial charge in [-0.3, -0.25) is 0 Å².